The van der Waals surface area contributed by atoms with Crippen LogP contribution in [0.2, 0.25) is 0 Å². The van der Waals surface area contributed by atoms with Gasteiger partial charge in [0.25, 0.3) is 11.8 Å². The molecule has 6 nitrogen and oxygen atoms in total. The average Bonchev–Trinajstić information content (AvgIpc) is 2.88. The Bertz CT molecular complexity index is 1070. The molecule has 4 rings (SSSR count). The lowest BCUT2D eigenvalue weighted by Crippen LogP contribution is -2.52. The molecule has 0 bridgehead atoms. The molecule has 3 amide bonds. The number of hydrogen-bond acceptors (Lipinski definition) is 3. The molecule has 0 aliphatic carbocycles. The summed E-state index contributed by atoms with van der Waals surface area (Å²) in [5.74, 6) is -0.452. The number of carbonyl (C=O) groups is 3. The lowest BCUT2D eigenvalue weighted by Gasteiger charge is -2.34. The zero-order chi connectivity index (χ0) is 22.3. The number of amides is 3. The molecule has 1 aliphatic heterocycles. The highest BCUT2D eigenvalue weighted by Crippen LogP contribution is 2.19. The molecule has 1 fully saturated rings. The fraction of sp³-hybridized carbons (Fsp3) is 0.192. The molecular formula is C26H25N3O3. The van der Waals surface area contributed by atoms with Crippen molar-refractivity contribution in [3.8, 4) is 11.1 Å². The van der Waals surface area contributed by atoms with Gasteiger partial charge >= 0.3 is 0 Å². The Morgan fingerprint density at radius 3 is 1.78 bits per heavy atom. The minimum absolute atomic E-state index is 0.0232. The summed E-state index contributed by atoms with van der Waals surface area (Å²) in [7, 11) is 0. The Balaban J connectivity index is 1.25. The zero-order valence-electron chi connectivity index (χ0n) is 17.7. The van der Waals surface area contributed by atoms with Gasteiger partial charge in [0.15, 0.2) is 0 Å². The molecule has 0 unspecified atom stereocenters. The molecule has 32 heavy (non-hydrogen) atoms. The number of nitrogens with one attached hydrogen (secondary N) is 1. The van der Waals surface area contributed by atoms with Crippen molar-refractivity contribution in [2.45, 2.75) is 0 Å². The first-order chi connectivity index (χ1) is 15.6. The minimum atomic E-state index is -0.282. The van der Waals surface area contributed by atoms with E-state index in [1.165, 1.54) is 0 Å². The van der Waals surface area contributed by atoms with Crippen LogP contribution in [0.3, 0.4) is 0 Å². The van der Waals surface area contributed by atoms with Crippen LogP contribution < -0.4 is 5.32 Å². The van der Waals surface area contributed by atoms with Crippen molar-refractivity contribution in [3.05, 3.63) is 96.1 Å². The van der Waals surface area contributed by atoms with Crippen LogP contribution in [0.5, 0.6) is 0 Å². The number of rotatable bonds is 5. The number of nitrogens with zero attached hydrogens (tertiary/aromatic N) is 2. The summed E-state index contributed by atoms with van der Waals surface area (Å²) in [5.41, 5.74) is 3.27. The second-order valence-electron chi connectivity index (χ2n) is 7.67. The molecule has 0 radical (unpaired) electrons. The van der Waals surface area contributed by atoms with E-state index in [0.717, 1.165) is 11.1 Å². The molecule has 1 heterocycles. The topological polar surface area (TPSA) is 69.7 Å². The van der Waals surface area contributed by atoms with Gasteiger partial charge in [-0.25, -0.2) is 0 Å². The Hall–Kier alpha value is -3.93. The van der Waals surface area contributed by atoms with E-state index < -0.39 is 0 Å². The quantitative estimate of drug-likeness (QED) is 0.680. The minimum Gasteiger partial charge on any atom is -0.343 e. The third kappa shape index (κ3) is 5.03. The Kier molecular flexibility index (Phi) is 6.60. The van der Waals surface area contributed by atoms with E-state index in [0.29, 0.717) is 37.3 Å². The van der Waals surface area contributed by atoms with E-state index in [1.807, 2.05) is 60.7 Å². The molecule has 3 aromatic rings. The number of piperazine rings is 1. The van der Waals surface area contributed by atoms with Gasteiger partial charge in [-0.1, -0.05) is 60.7 Å². The first kappa shape index (κ1) is 21.3. The fourth-order valence-corrected chi connectivity index (χ4v) is 3.74. The number of carbonyl (C=O) groups excluding carboxylic acids is 3. The van der Waals surface area contributed by atoms with Gasteiger partial charge in [-0.15, -0.1) is 0 Å². The maximum absolute atomic E-state index is 12.5. The van der Waals surface area contributed by atoms with Crippen LogP contribution in [0.25, 0.3) is 11.1 Å². The number of hydrogen-bond donors (Lipinski definition) is 1. The van der Waals surface area contributed by atoms with Crippen LogP contribution >= 0.6 is 0 Å². The summed E-state index contributed by atoms with van der Waals surface area (Å²) >= 11 is 0. The fourth-order valence-electron chi connectivity index (χ4n) is 3.74. The molecule has 1 N–H and O–H groups in total. The molecule has 6 heteroatoms. The lowest BCUT2D eigenvalue weighted by molar-refractivity contribution is -0.131. The second kappa shape index (κ2) is 9.92. The van der Waals surface area contributed by atoms with Gasteiger partial charge in [-0.3, -0.25) is 14.4 Å². The maximum atomic E-state index is 12.5. The van der Waals surface area contributed by atoms with Crippen molar-refractivity contribution in [3.63, 3.8) is 0 Å². The highest BCUT2D eigenvalue weighted by molar-refractivity contribution is 5.97. The zero-order valence-corrected chi connectivity index (χ0v) is 17.7. The Labute approximate surface area is 187 Å². The smallest absolute Gasteiger partial charge is 0.253 e. The summed E-state index contributed by atoms with van der Waals surface area (Å²) in [4.78, 5) is 40.9. The largest absolute Gasteiger partial charge is 0.343 e. The summed E-state index contributed by atoms with van der Waals surface area (Å²) in [6, 6.07) is 26.4. The van der Waals surface area contributed by atoms with Crippen LogP contribution in [0.15, 0.2) is 84.9 Å². The molecule has 0 saturated carbocycles. The van der Waals surface area contributed by atoms with E-state index in [9.17, 15) is 14.4 Å². The van der Waals surface area contributed by atoms with Crippen LogP contribution in [-0.4, -0.2) is 60.2 Å². The van der Waals surface area contributed by atoms with Crippen molar-refractivity contribution in [1.29, 1.82) is 0 Å². The van der Waals surface area contributed by atoms with Crippen molar-refractivity contribution in [2.24, 2.45) is 0 Å². The molecular weight excluding hydrogens is 402 g/mol. The highest BCUT2D eigenvalue weighted by atomic mass is 16.2. The van der Waals surface area contributed by atoms with Crippen molar-refractivity contribution >= 4 is 17.7 Å². The predicted octanol–water partition coefficient (Wildman–Crippen LogP) is 3.07. The van der Waals surface area contributed by atoms with Gasteiger partial charge in [0, 0.05) is 37.3 Å². The molecule has 3 aromatic carbocycles. The molecule has 0 spiro atoms. The van der Waals surface area contributed by atoms with Crippen molar-refractivity contribution in [2.75, 3.05) is 32.7 Å². The van der Waals surface area contributed by atoms with Gasteiger partial charge in [-0.05, 0) is 35.4 Å². The number of benzene rings is 3. The molecule has 1 saturated heterocycles. The van der Waals surface area contributed by atoms with Gasteiger partial charge in [0.2, 0.25) is 5.91 Å². The predicted molar refractivity (Wildman–Crippen MR) is 123 cm³/mol. The van der Waals surface area contributed by atoms with Crippen LogP contribution in [0, 0.1) is 0 Å². The highest BCUT2D eigenvalue weighted by Gasteiger charge is 2.24. The Morgan fingerprint density at radius 1 is 0.625 bits per heavy atom. The first-order valence-corrected chi connectivity index (χ1v) is 10.7. The molecule has 1 aliphatic rings. The molecule has 0 aromatic heterocycles. The third-order valence-corrected chi connectivity index (χ3v) is 5.59. The first-order valence-electron chi connectivity index (χ1n) is 10.7. The standard InChI is InChI=1S/C26H25N3O3/c30-24(28-15-17-29(18-16-28)26(32)23-9-5-2-6-10-23)19-27-25(31)22-13-11-21(12-14-22)20-7-3-1-4-8-20/h1-14H,15-19H2,(H,27,31). The van der Waals surface area contributed by atoms with Crippen LogP contribution in [0.1, 0.15) is 20.7 Å². The summed E-state index contributed by atoms with van der Waals surface area (Å²) in [5, 5.41) is 2.70. The van der Waals surface area contributed by atoms with E-state index in [4.69, 9.17) is 0 Å². The van der Waals surface area contributed by atoms with Crippen LogP contribution in [-0.2, 0) is 4.79 Å². The van der Waals surface area contributed by atoms with Gasteiger partial charge < -0.3 is 15.1 Å². The summed E-state index contributed by atoms with van der Waals surface area (Å²) in [6.07, 6.45) is 0. The maximum Gasteiger partial charge on any atom is 0.253 e. The van der Waals surface area contributed by atoms with E-state index in [2.05, 4.69) is 5.32 Å². The van der Waals surface area contributed by atoms with Gasteiger partial charge in [0.1, 0.15) is 0 Å². The SMILES string of the molecule is O=C(NCC(=O)N1CCN(C(=O)c2ccccc2)CC1)c1ccc(-c2ccccc2)cc1. The van der Waals surface area contributed by atoms with E-state index in [-0.39, 0.29) is 24.3 Å². The van der Waals surface area contributed by atoms with Gasteiger partial charge in [-0.2, -0.15) is 0 Å². The Morgan fingerprint density at radius 2 is 1.16 bits per heavy atom. The van der Waals surface area contributed by atoms with Crippen molar-refractivity contribution < 1.29 is 14.4 Å². The third-order valence-electron chi connectivity index (χ3n) is 5.59. The lowest BCUT2D eigenvalue weighted by atomic mass is 10.0. The monoisotopic (exact) mass is 427 g/mol. The van der Waals surface area contributed by atoms with Crippen LogP contribution in [0.4, 0.5) is 0 Å². The molecule has 162 valence electrons. The molecule has 0 atom stereocenters. The summed E-state index contributed by atoms with van der Waals surface area (Å²) < 4.78 is 0. The van der Waals surface area contributed by atoms with Crippen molar-refractivity contribution in [1.82, 2.24) is 15.1 Å². The van der Waals surface area contributed by atoms with E-state index >= 15 is 0 Å². The average molecular weight is 428 g/mol. The van der Waals surface area contributed by atoms with E-state index in [1.54, 1.807) is 34.1 Å². The second-order valence-corrected chi connectivity index (χ2v) is 7.67. The normalized spacial score (nSPS) is 13.5. The summed E-state index contributed by atoms with van der Waals surface area (Å²) in [6.45, 7) is 1.81. The van der Waals surface area contributed by atoms with Gasteiger partial charge in [0.05, 0.1) is 6.54 Å².